The molecule has 60 valence electrons. The van der Waals surface area contributed by atoms with Crippen molar-refractivity contribution in [1.29, 1.82) is 5.26 Å². The number of benzene rings is 1. The molecule has 1 unspecified atom stereocenters. The van der Waals surface area contributed by atoms with Crippen LogP contribution in [0.15, 0.2) is 35.2 Å². The van der Waals surface area contributed by atoms with Crippen molar-refractivity contribution in [3.63, 3.8) is 0 Å². The van der Waals surface area contributed by atoms with Crippen LogP contribution in [0, 0.1) is 11.3 Å². The van der Waals surface area contributed by atoms with E-state index >= 15 is 0 Å². The molecule has 12 heavy (non-hydrogen) atoms. The molecule has 3 nitrogen and oxygen atoms in total. The van der Waals surface area contributed by atoms with Gasteiger partial charge in [-0.2, -0.15) is 0 Å². The van der Waals surface area contributed by atoms with E-state index in [1.807, 2.05) is 0 Å². The molecule has 1 aromatic rings. The molecule has 0 aromatic heterocycles. The second kappa shape index (κ2) is 3.33. The predicted octanol–water partition coefficient (Wildman–Crippen LogP) is 0.663. The summed E-state index contributed by atoms with van der Waals surface area (Å²) < 4.78 is 22.2. The Morgan fingerprint density at radius 2 is 2.00 bits per heavy atom. The number of nitriles is 1. The van der Waals surface area contributed by atoms with Crippen LogP contribution in [-0.4, -0.2) is 14.1 Å². The van der Waals surface area contributed by atoms with E-state index in [0.29, 0.717) is 0 Å². The van der Waals surface area contributed by atoms with Gasteiger partial charge in [-0.15, -0.1) is 5.26 Å². The molecule has 0 fully saturated rings. The fourth-order valence-electron chi connectivity index (χ4n) is 0.719. The lowest BCUT2D eigenvalue weighted by molar-refractivity contribution is 0.532. The molecule has 0 spiro atoms. The van der Waals surface area contributed by atoms with Crippen molar-refractivity contribution in [2.75, 3.05) is 0 Å². The minimum absolute atomic E-state index is 0.0894. The molecule has 0 aliphatic heterocycles. The Morgan fingerprint density at radius 1 is 1.42 bits per heavy atom. The fraction of sp³-hybridized carbons (Fsp3) is 0. The van der Waals surface area contributed by atoms with Gasteiger partial charge >= 0.3 is 11.4 Å². The average molecular weight is 179 g/mol. The topological polar surface area (TPSA) is 63.9 Å². The first-order chi connectivity index (χ1) is 5.67. The molecule has 0 N–H and O–H groups in total. The third-order valence-corrected chi connectivity index (χ3v) is 2.49. The molecule has 0 saturated heterocycles. The maximum atomic E-state index is 11.1. The Labute approximate surface area is 71.1 Å². The van der Waals surface area contributed by atoms with Crippen molar-refractivity contribution in [3.8, 4) is 6.07 Å². The fourth-order valence-corrected chi connectivity index (χ4v) is 1.47. The van der Waals surface area contributed by atoms with Gasteiger partial charge in [0, 0.05) is 0 Å². The van der Waals surface area contributed by atoms with Crippen molar-refractivity contribution >= 4 is 15.2 Å². The summed E-state index contributed by atoms with van der Waals surface area (Å²) in [5, 5.41) is 9.84. The maximum Gasteiger partial charge on any atom is 0.413 e. The number of nitrogens with zero attached hydrogens (tertiary/aromatic N) is 1. The monoisotopic (exact) mass is 179 g/mol. The molecular weight excluding hydrogens is 174 g/mol. The van der Waals surface area contributed by atoms with Gasteiger partial charge in [0.25, 0.3) is 0 Å². The Kier molecular flexibility index (Phi) is 2.41. The second-order valence-corrected chi connectivity index (χ2v) is 3.71. The van der Waals surface area contributed by atoms with Gasteiger partial charge in [0.1, 0.15) is 0 Å². The third-order valence-electron chi connectivity index (χ3n) is 1.23. The summed E-state index contributed by atoms with van der Waals surface area (Å²) in [6, 6.07) is 9.08. The highest BCUT2D eigenvalue weighted by atomic mass is 32.2. The van der Waals surface area contributed by atoms with Crippen molar-refractivity contribution in [3.05, 3.63) is 30.3 Å². The number of rotatable bonds is 1. The zero-order valence-corrected chi connectivity index (χ0v) is 6.88. The molecule has 0 heterocycles. The van der Waals surface area contributed by atoms with Crippen LogP contribution in [0.3, 0.4) is 0 Å². The Morgan fingerprint density at radius 3 is 2.50 bits per heavy atom. The molecule has 1 aromatic carbocycles. The molecule has 0 aliphatic rings. The van der Waals surface area contributed by atoms with E-state index in [2.05, 4.69) is 0 Å². The standard InChI is InChI=1S/C8H5NO2S/c9-6-7-12(10,11)8-4-2-1-3-5-8/h1-5H. The zero-order chi connectivity index (χ0) is 9.03. The third kappa shape index (κ3) is 1.80. The van der Waals surface area contributed by atoms with Crippen LogP contribution in [0.2, 0.25) is 0 Å². The lowest BCUT2D eigenvalue weighted by Gasteiger charge is -2.01. The summed E-state index contributed by atoms with van der Waals surface area (Å²) in [5.74, 6) is 0. The summed E-state index contributed by atoms with van der Waals surface area (Å²) in [4.78, 5) is 0.0894. The predicted molar refractivity (Wildman–Crippen MR) is 44.2 cm³/mol. The van der Waals surface area contributed by atoms with Crippen LogP contribution in [0.4, 0.5) is 0 Å². The van der Waals surface area contributed by atoms with Crippen LogP contribution in [0.25, 0.3) is 0 Å². The molecule has 0 amide bonds. The summed E-state index contributed by atoms with van der Waals surface area (Å²) in [7, 11) is -3.62. The van der Waals surface area contributed by atoms with E-state index in [1.165, 1.54) is 18.2 Å². The van der Waals surface area contributed by atoms with Gasteiger partial charge in [0.2, 0.25) is 0 Å². The van der Waals surface area contributed by atoms with Crippen molar-refractivity contribution in [2.24, 2.45) is 0 Å². The van der Waals surface area contributed by atoms with Crippen LogP contribution in [0.5, 0.6) is 0 Å². The summed E-state index contributed by atoms with van der Waals surface area (Å²) in [5.41, 5.74) is 0. The molecular formula is C8H5NO2S. The number of hydrogen-bond donors (Lipinski definition) is 0. The minimum Gasteiger partial charge on any atom is -0.733 e. The highest BCUT2D eigenvalue weighted by Crippen LogP contribution is 2.06. The van der Waals surface area contributed by atoms with Gasteiger partial charge < -0.3 is 4.55 Å². The lowest BCUT2D eigenvalue weighted by atomic mass is 10.4. The SMILES string of the molecule is N#C[C+]=S(=O)([O-])c1ccccc1. The smallest absolute Gasteiger partial charge is 0.413 e. The van der Waals surface area contributed by atoms with Gasteiger partial charge in [-0.05, 0) is 12.1 Å². The van der Waals surface area contributed by atoms with Gasteiger partial charge in [-0.25, -0.2) is 4.21 Å². The first kappa shape index (κ1) is 8.69. The van der Waals surface area contributed by atoms with Gasteiger partial charge in [-0.1, -0.05) is 18.2 Å². The summed E-state index contributed by atoms with van der Waals surface area (Å²) in [6.07, 6.45) is 0. The second-order valence-electron chi connectivity index (χ2n) is 2.03. The normalized spacial score (nSPS) is 14.0. The van der Waals surface area contributed by atoms with Gasteiger partial charge in [0.15, 0.2) is 9.80 Å². The Hall–Kier alpha value is -1.40. The van der Waals surface area contributed by atoms with E-state index in [0.717, 1.165) is 0 Å². The maximum absolute atomic E-state index is 11.1. The molecule has 0 radical (unpaired) electrons. The quantitative estimate of drug-likeness (QED) is 0.470. The lowest BCUT2D eigenvalue weighted by Crippen LogP contribution is -2.01. The summed E-state index contributed by atoms with van der Waals surface area (Å²) in [6.45, 7) is 0. The first-order valence-electron chi connectivity index (χ1n) is 3.13. The molecule has 1 atom stereocenters. The Bertz CT molecular complexity index is 410. The minimum atomic E-state index is -3.62. The average Bonchev–Trinajstić information content (AvgIpc) is 2.06. The van der Waals surface area contributed by atoms with Crippen LogP contribution in [-0.2, 0) is 9.80 Å². The van der Waals surface area contributed by atoms with Crippen LogP contribution >= 0.6 is 0 Å². The summed E-state index contributed by atoms with van der Waals surface area (Å²) >= 11 is 0. The van der Waals surface area contributed by atoms with E-state index in [9.17, 15) is 8.76 Å². The largest absolute Gasteiger partial charge is 0.733 e. The number of hydrogen-bond acceptors (Lipinski definition) is 3. The van der Waals surface area contributed by atoms with Crippen molar-refractivity contribution in [1.82, 2.24) is 0 Å². The zero-order valence-electron chi connectivity index (χ0n) is 6.06. The molecule has 0 bridgehead atoms. The highest BCUT2D eigenvalue weighted by Gasteiger charge is 2.08. The van der Waals surface area contributed by atoms with Crippen molar-refractivity contribution < 1.29 is 8.76 Å². The first-order valence-corrected chi connectivity index (χ1v) is 4.61. The Balaban J connectivity index is 3.28. The van der Waals surface area contributed by atoms with E-state index in [4.69, 9.17) is 5.26 Å². The van der Waals surface area contributed by atoms with Crippen LogP contribution < -0.4 is 0 Å². The van der Waals surface area contributed by atoms with E-state index in [1.54, 1.807) is 23.6 Å². The molecule has 0 aliphatic carbocycles. The van der Waals surface area contributed by atoms with E-state index < -0.39 is 9.80 Å². The van der Waals surface area contributed by atoms with E-state index in [-0.39, 0.29) is 4.90 Å². The highest BCUT2D eigenvalue weighted by molar-refractivity contribution is 7.96. The van der Waals surface area contributed by atoms with Gasteiger partial charge in [-0.3, -0.25) is 0 Å². The van der Waals surface area contributed by atoms with Crippen LogP contribution in [0.1, 0.15) is 0 Å². The molecule has 0 saturated carbocycles. The molecule has 4 heteroatoms. The molecule has 1 rings (SSSR count). The van der Waals surface area contributed by atoms with Crippen molar-refractivity contribution in [2.45, 2.75) is 4.90 Å². The van der Waals surface area contributed by atoms with Gasteiger partial charge in [0.05, 0.1) is 4.90 Å².